The average molecular weight is 590 g/mol. The Hall–Kier alpha value is -4.84. The second-order valence-corrected chi connectivity index (χ2v) is 11.2. The minimum absolute atomic E-state index is 0.297. The maximum Gasteiger partial charge on any atom is 0.349 e. The van der Waals surface area contributed by atoms with Crippen LogP contribution >= 0.6 is 0 Å². The van der Waals surface area contributed by atoms with Gasteiger partial charge >= 0.3 is 5.97 Å². The lowest BCUT2D eigenvalue weighted by molar-refractivity contribution is -0.158. The zero-order chi connectivity index (χ0) is 30.9. The number of aryl methyl sites for hydroxylation is 3. The molecule has 226 valence electrons. The molecule has 5 rings (SSSR count). The van der Waals surface area contributed by atoms with Crippen LogP contribution in [0.1, 0.15) is 43.4 Å². The van der Waals surface area contributed by atoms with E-state index in [1.165, 1.54) is 5.56 Å². The molecule has 0 atom stereocenters. The van der Waals surface area contributed by atoms with Crippen molar-refractivity contribution in [1.29, 1.82) is 0 Å². The van der Waals surface area contributed by atoms with Gasteiger partial charge in [-0.1, -0.05) is 72.8 Å². The first-order valence-corrected chi connectivity index (χ1v) is 15.1. The van der Waals surface area contributed by atoms with Crippen molar-refractivity contribution >= 4 is 5.97 Å². The number of carbonyl (C=O) groups excluding carboxylic acids is 1. The van der Waals surface area contributed by atoms with E-state index in [4.69, 9.17) is 23.6 Å². The highest BCUT2D eigenvalue weighted by Gasteiger charge is 2.32. The average Bonchev–Trinajstić information content (AvgIpc) is 3.42. The van der Waals surface area contributed by atoms with Crippen LogP contribution in [0.3, 0.4) is 0 Å². The number of ether oxygens (including phenoxy) is 3. The number of carbonyl (C=O) groups is 1. The van der Waals surface area contributed by atoms with E-state index in [-0.39, 0.29) is 0 Å². The molecular formula is C38H39NO5. The van der Waals surface area contributed by atoms with Crippen LogP contribution in [0.4, 0.5) is 0 Å². The highest BCUT2D eigenvalue weighted by atomic mass is 16.6. The van der Waals surface area contributed by atoms with Gasteiger partial charge in [0.15, 0.2) is 5.60 Å². The third-order valence-electron chi connectivity index (χ3n) is 7.41. The molecule has 0 aliphatic heterocycles. The molecule has 0 spiro atoms. The largest absolute Gasteiger partial charge is 0.493 e. The molecule has 4 aromatic carbocycles. The number of hydrogen-bond acceptors (Lipinski definition) is 6. The van der Waals surface area contributed by atoms with E-state index in [9.17, 15) is 4.79 Å². The third-order valence-corrected chi connectivity index (χ3v) is 7.41. The Labute approximate surface area is 259 Å². The fraction of sp³-hybridized carbons (Fsp3) is 0.263. The monoisotopic (exact) mass is 589 g/mol. The molecule has 0 aliphatic rings. The number of hydrogen-bond donors (Lipinski definition) is 0. The number of aromatic nitrogens is 1. The van der Waals surface area contributed by atoms with Gasteiger partial charge in [-0.2, -0.15) is 0 Å². The van der Waals surface area contributed by atoms with Gasteiger partial charge in [0, 0.05) is 12.0 Å². The Bertz CT molecular complexity index is 1670. The third kappa shape index (κ3) is 7.75. The zero-order valence-electron chi connectivity index (χ0n) is 25.8. The summed E-state index contributed by atoms with van der Waals surface area (Å²) in [5.41, 5.74) is 5.13. The van der Waals surface area contributed by atoms with Crippen LogP contribution in [0.25, 0.3) is 22.6 Å². The summed E-state index contributed by atoms with van der Waals surface area (Å²) in [5, 5.41) is 0. The molecule has 1 aromatic heterocycles. The highest BCUT2D eigenvalue weighted by Crippen LogP contribution is 2.31. The van der Waals surface area contributed by atoms with Crippen molar-refractivity contribution < 1.29 is 23.4 Å². The van der Waals surface area contributed by atoms with Crippen LogP contribution < -0.4 is 9.47 Å². The summed E-state index contributed by atoms with van der Waals surface area (Å²) in [6.45, 7) is 7.91. The van der Waals surface area contributed by atoms with Crippen molar-refractivity contribution in [1.82, 2.24) is 4.98 Å². The van der Waals surface area contributed by atoms with E-state index < -0.39 is 11.6 Å². The Balaban J connectivity index is 1.28. The quantitative estimate of drug-likeness (QED) is 0.128. The maximum atomic E-state index is 12.5. The van der Waals surface area contributed by atoms with Gasteiger partial charge in [-0.25, -0.2) is 9.78 Å². The first kappa shape index (κ1) is 30.6. The molecule has 0 radical (unpaired) electrons. The molecule has 44 heavy (non-hydrogen) atoms. The van der Waals surface area contributed by atoms with Crippen molar-refractivity contribution in [2.24, 2.45) is 0 Å². The fourth-order valence-electron chi connectivity index (χ4n) is 5.00. The van der Waals surface area contributed by atoms with Crippen LogP contribution in [-0.2, 0) is 28.8 Å². The number of rotatable bonds is 13. The van der Waals surface area contributed by atoms with E-state index in [2.05, 4.69) is 36.4 Å². The van der Waals surface area contributed by atoms with Crippen LogP contribution in [0.5, 0.6) is 11.5 Å². The molecule has 0 fully saturated rings. The van der Waals surface area contributed by atoms with Crippen molar-refractivity contribution in [2.75, 3.05) is 13.2 Å². The Morgan fingerprint density at radius 2 is 1.50 bits per heavy atom. The van der Waals surface area contributed by atoms with Gasteiger partial charge in [-0.05, 0) is 93.1 Å². The molecule has 0 saturated carbocycles. The summed E-state index contributed by atoms with van der Waals surface area (Å²) >= 11 is 0. The lowest BCUT2D eigenvalue weighted by Gasteiger charge is -2.26. The number of benzene rings is 4. The minimum atomic E-state index is -1.12. The number of nitrogens with zero attached hydrogens (tertiary/aromatic N) is 1. The minimum Gasteiger partial charge on any atom is -0.493 e. The summed E-state index contributed by atoms with van der Waals surface area (Å²) < 4.78 is 23.7. The first-order valence-electron chi connectivity index (χ1n) is 15.1. The van der Waals surface area contributed by atoms with E-state index in [1.807, 2.05) is 73.7 Å². The van der Waals surface area contributed by atoms with Crippen LogP contribution in [0.15, 0.2) is 108 Å². The van der Waals surface area contributed by atoms with Gasteiger partial charge < -0.3 is 18.6 Å². The van der Waals surface area contributed by atoms with Gasteiger partial charge in [0.05, 0.1) is 18.9 Å². The molecule has 1 heterocycles. The molecule has 6 nitrogen and oxygen atoms in total. The van der Waals surface area contributed by atoms with Crippen molar-refractivity contribution in [3.63, 3.8) is 0 Å². The van der Waals surface area contributed by atoms with Gasteiger partial charge in [0.25, 0.3) is 0 Å². The molecule has 0 bridgehead atoms. The molecule has 6 heteroatoms. The molecule has 5 aromatic rings. The molecule has 0 N–H and O–H groups in total. The lowest BCUT2D eigenvalue weighted by atomic mass is 10.0. The summed E-state index contributed by atoms with van der Waals surface area (Å²) in [4.78, 5) is 17.3. The predicted octanol–water partition coefficient (Wildman–Crippen LogP) is 8.44. The lowest BCUT2D eigenvalue weighted by Crippen LogP contribution is -2.40. The maximum absolute atomic E-state index is 12.5. The van der Waals surface area contributed by atoms with Gasteiger partial charge in [0.1, 0.15) is 17.3 Å². The highest BCUT2D eigenvalue weighted by molar-refractivity contribution is 5.79. The summed E-state index contributed by atoms with van der Waals surface area (Å²) in [6.07, 6.45) is 2.15. The Kier molecular flexibility index (Phi) is 9.80. The van der Waals surface area contributed by atoms with Gasteiger partial charge in [-0.3, -0.25) is 0 Å². The second kappa shape index (κ2) is 14.1. The SMILES string of the molecule is CCOC(=O)C(C)(C)Oc1ccc(OCCc2nc(-c3cccc(-c4ccccc4)c3)oc2C)cc1CCc1ccccc1. The topological polar surface area (TPSA) is 70.8 Å². The standard InChI is InChI=1S/C38H39NO5/c1-5-41-37(40)38(3,4)44-35-22-21-33(26-31(35)20-19-28-13-8-6-9-14-28)42-24-23-34-27(2)43-36(39-34)32-18-12-17-30(25-32)29-15-10-7-11-16-29/h6-18,21-22,25-26H,5,19-20,23-24H2,1-4H3. The molecule has 0 amide bonds. The number of oxazole rings is 1. The smallest absolute Gasteiger partial charge is 0.349 e. The zero-order valence-corrected chi connectivity index (χ0v) is 25.8. The summed E-state index contributed by atoms with van der Waals surface area (Å²) in [7, 11) is 0. The molecule has 0 unspecified atom stereocenters. The van der Waals surface area contributed by atoms with E-state index in [0.29, 0.717) is 31.3 Å². The van der Waals surface area contributed by atoms with Crippen molar-refractivity contribution in [3.05, 3.63) is 126 Å². The summed E-state index contributed by atoms with van der Waals surface area (Å²) in [5.74, 6) is 2.35. The van der Waals surface area contributed by atoms with E-state index in [0.717, 1.165) is 52.3 Å². The van der Waals surface area contributed by atoms with Crippen LogP contribution in [0.2, 0.25) is 0 Å². The van der Waals surface area contributed by atoms with Gasteiger partial charge in [-0.15, -0.1) is 0 Å². The summed E-state index contributed by atoms with van der Waals surface area (Å²) in [6, 6.07) is 34.5. The van der Waals surface area contributed by atoms with Crippen LogP contribution in [0, 0.1) is 6.92 Å². The van der Waals surface area contributed by atoms with E-state index >= 15 is 0 Å². The fourth-order valence-corrected chi connectivity index (χ4v) is 5.00. The molecule has 0 saturated heterocycles. The van der Waals surface area contributed by atoms with E-state index in [1.54, 1.807) is 20.8 Å². The second-order valence-electron chi connectivity index (χ2n) is 11.2. The molecular weight excluding hydrogens is 550 g/mol. The normalized spacial score (nSPS) is 11.3. The van der Waals surface area contributed by atoms with Gasteiger partial charge in [0.2, 0.25) is 5.89 Å². The van der Waals surface area contributed by atoms with Crippen LogP contribution in [-0.4, -0.2) is 29.8 Å². The van der Waals surface area contributed by atoms with Crippen molar-refractivity contribution in [2.45, 2.75) is 52.6 Å². The number of esters is 1. The van der Waals surface area contributed by atoms with Crippen molar-refractivity contribution in [3.8, 4) is 34.1 Å². The Morgan fingerprint density at radius 3 is 2.25 bits per heavy atom. The predicted molar refractivity (Wildman–Crippen MR) is 173 cm³/mol. The Morgan fingerprint density at radius 1 is 0.795 bits per heavy atom. The first-order chi connectivity index (χ1) is 21.3. The molecule has 0 aliphatic carbocycles.